The van der Waals surface area contributed by atoms with Gasteiger partial charge in [-0.05, 0) is 104 Å². The third kappa shape index (κ3) is 2.74. The Hall–Kier alpha value is -0.370. The van der Waals surface area contributed by atoms with Gasteiger partial charge in [-0.3, -0.25) is 4.79 Å². The van der Waals surface area contributed by atoms with E-state index in [1.165, 1.54) is 51.4 Å². The van der Waals surface area contributed by atoms with Gasteiger partial charge in [-0.25, -0.2) is 0 Å². The van der Waals surface area contributed by atoms with Crippen molar-refractivity contribution in [1.29, 1.82) is 0 Å². The van der Waals surface area contributed by atoms with Gasteiger partial charge in [0.1, 0.15) is 5.78 Å². The summed E-state index contributed by atoms with van der Waals surface area (Å²) in [7, 11) is 2.00. The highest BCUT2D eigenvalue weighted by molar-refractivity contribution is 5.78. The van der Waals surface area contributed by atoms with Crippen LogP contribution in [0.3, 0.4) is 0 Å². The van der Waals surface area contributed by atoms with Gasteiger partial charge in [0.2, 0.25) is 0 Å². The Morgan fingerprint density at radius 1 is 1.00 bits per heavy atom. The first kappa shape index (κ1) is 21.5. The van der Waals surface area contributed by atoms with E-state index in [0.29, 0.717) is 40.0 Å². The molecule has 2 nitrogen and oxygen atoms in total. The summed E-state index contributed by atoms with van der Waals surface area (Å²) in [6, 6.07) is 0. The molecule has 0 saturated heterocycles. The van der Waals surface area contributed by atoms with Crippen LogP contribution in [0.15, 0.2) is 0 Å². The van der Waals surface area contributed by atoms with Crippen molar-refractivity contribution in [3.63, 3.8) is 0 Å². The topological polar surface area (TPSA) is 26.3 Å². The number of carbonyl (C=O) groups excluding carboxylic acids is 1. The molecule has 10 atom stereocenters. The molecule has 1 spiro atoms. The number of carbonyl (C=O) groups is 1. The van der Waals surface area contributed by atoms with Crippen molar-refractivity contribution in [2.45, 2.75) is 105 Å². The SMILES string of the molecule is CO[C@@H]1C[C@H]2[C@@H]3CC[C@H]([C@H](C)CC(=O)CC(C)C)[C@@]3(C)CC[C@@H]2[C@@]2(C)CCC3CC312. The fourth-order valence-electron chi connectivity index (χ4n) is 10.6. The second-order valence-corrected chi connectivity index (χ2v) is 13.3. The molecule has 5 rings (SSSR count). The number of hydrogen-bond acceptors (Lipinski definition) is 2. The number of ether oxygens (including phenoxy) is 1. The number of ketones is 1. The average Bonchev–Trinajstić information content (AvgIpc) is 3.17. The van der Waals surface area contributed by atoms with E-state index in [1.54, 1.807) is 0 Å². The molecule has 0 aromatic heterocycles. The minimum absolute atomic E-state index is 0.444. The molecule has 0 aliphatic heterocycles. The van der Waals surface area contributed by atoms with Crippen LogP contribution < -0.4 is 0 Å². The predicted molar refractivity (Wildman–Crippen MR) is 122 cm³/mol. The molecular formula is C28H46O2. The lowest BCUT2D eigenvalue weighted by Gasteiger charge is -2.61. The van der Waals surface area contributed by atoms with Crippen LogP contribution in [0.1, 0.15) is 98.8 Å². The average molecular weight is 415 g/mol. The minimum atomic E-state index is 0.444. The highest BCUT2D eigenvalue weighted by Crippen LogP contribution is 2.82. The molecule has 0 bridgehead atoms. The predicted octanol–water partition coefficient (Wildman–Crippen LogP) is 6.91. The molecule has 0 N–H and O–H groups in total. The molecule has 30 heavy (non-hydrogen) atoms. The first-order valence-electron chi connectivity index (χ1n) is 13.2. The summed E-state index contributed by atoms with van der Waals surface area (Å²) in [5.41, 5.74) is 1.50. The summed E-state index contributed by atoms with van der Waals surface area (Å²) in [6.07, 6.45) is 13.3. The Morgan fingerprint density at radius 3 is 2.43 bits per heavy atom. The Bertz CT molecular complexity index is 699. The van der Waals surface area contributed by atoms with Crippen LogP contribution in [0, 0.1) is 57.7 Å². The fraction of sp³-hybridized carbons (Fsp3) is 0.964. The monoisotopic (exact) mass is 414 g/mol. The van der Waals surface area contributed by atoms with Gasteiger partial charge in [0, 0.05) is 25.4 Å². The molecule has 0 aromatic carbocycles. The normalized spacial score (nSPS) is 52.4. The molecule has 0 heterocycles. The van der Waals surface area contributed by atoms with Crippen LogP contribution in [0.5, 0.6) is 0 Å². The van der Waals surface area contributed by atoms with Gasteiger partial charge in [-0.1, -0.05) is 34.6 Å². The van der Waals surface area contributed by atoms with Gasteiger partial charge in [0.05, 0.1) is 6.10 Å². The van der Waals surface area contributed by atoms with Crippen molar-refractivity contribution in [3.8, 4) is 0 Å². The van der Waals surface area contributed by atoms with E-state index >= 15 is 0 Å². The van der Waals surface area contributed by atoms with E-state index in [9.17, 15) is 4.79 Å². The molecule has 2 unspecified atom stereocenters. The molecule has 0 radical (unpaired) electrons. The second-order valence-electron chi connectivity index (χ2n) is 13.3. The van der Waals surface area contributed by atoms with Crippen LogP contribution in [0.2, 0.25) is 0 Å². The van der Waals surface area contributed by atoms with Crippen molar-refractivity contribution in [1.82, 2.24) is 0 Å². The Kier molecular flexibility index (Phi) is 5.06. The van der Waals surface area contributed by atoms with Crippen molar-refractivity contribution in [3.05, 3.63) is 0 Å². The lowest BCUT2D eigenvalue weighted by Crippen LogP contribution is -2.57. The smallest absolute Gasteiger partial charge is 0.133 e. The number of fused-ring (bicyclic) bond motifs is 4. The molecule has 0 aromatic rings. The highest BCUT2D eigenvalue weighted by atomic mass is 16.5. The van der Waals surface area contributed by atoms with E-state index in [2.05, 4.69) is 34.6 Å². The van der Waals surface area contributed by atoms with E-state index in [0.717, 1.165) is 42.4 Å². The van der Waals surface area contributed by atoms with Gasteiger partial charge in [-0.15, -0.1) is 0 Å². The molecule has 5 aliphatic carbocycles. The molecule has 5 fully saturated rings. The Balaban J connectivity index is 1.36. The molecule has 5 saturated carbocycles. The Morgan fingerprint density at radius 2 is 1.77 bits per heavy atom. The van der Waals surface area contributed by atoms with Crippen LogP contribution in [-0.2, 0) is 9.53 Å². The van der Waals surface area contributed by atoms with Gasteiger partial charge in [0.25, 0.3) is 0 Å². The number of rotatable bonds is 6. The standard InChI is InChI=1S/C28H46O2/c1-17(2)13-20(29)14-18(3)22-7-8-23-21-15-25(30-6)28-16-19(28)9-12-27(28,5)24(21)10-11-26(22,23)4/h17-19,21-25H,7-16H2,1-6H3/t18-,19?,21+,22-,23+,24+,25-,26-,27-,28?/m1/s1. The van der Waals surface area contributed by atoms with Crippen molar-refractivity contribution < 1.29 is 9.53 Å². The Labute approximate surface area is 185 Å². The highest BCUT2D eigenvalue weighted by Gasteiger charge is 2.77. The zero-order valence-corrected chi connectivity index (χ0v) is 20.5. The number of methoxy groups -OCH3 is 1. The first-order chi connectivity index (χ1) is 14.2. The maximum Gasteiger partial charge on any atom is 0.133 e. The van der Waals surface area contributed by atoms with E-state index in [1.807, 2.05) is 7.11 Å². The van der Waals surface area contributed by atoms with Crippen LogP contribution in [-0.4, -0.2) is 19.0 Å². The maximum atomic E-state index is 12.6. The third-order valence-electron chi connectivity index (χ3n) is 11.8. The van der Waals surface area contributed by atoms with Crippen molar-refractivity contribution in [2.75, 3.05) is 7.11 Å². The molecule has 170 valence electrons. The maximum absolute atomic E-state index is 12.6. The van der Waals surface area contributed by atoms with Gasteiger partial charge in [-0.2, -0.15) is 0 Å². The zero-order valence-electron chi connectivity index (χ0n) is 20.5. The van der Waals surface area contributed by atoms with Crippen LogP contribution in [0.25, 0.3) is 0 Å². The van der Waals surface area contributed by atoms with E-state index in [4.69, 9.17) is 4.74 Å². The summed E-state index contributed by atoms with van der Waals surface area (Å²) in [6.45, 7) is 12.0. The second kappa shape index (κ2) is 7.06. The largest absolute Gasteiger partial charge is 0.381 e. The third-order valence-corrected chi connectivity index (χ3v) is 11.8. The molecule has 5 aliphatic rings. The lowest BCUT2D eigenvalue weighted by molar-refractivity contribution is -0.161. The van der Waals surface area contributed by atoms with Crippen molar-refractivity contribution >= 4 is 5.78 Å². The summed E-state index contributed by atoms with van der Waals surface area (Å²) in [4.78, 5) is 12.6. The molecular weight excluding hydrogens is 368 g/mol. The van der Waals surface area contributed by atoms with Gasteiger partial charge < -0.3 is 4.74 Å². The van der Waals surface area contributed by atoms with E-state index < -0.39 is 0 Å². The summed E-state index contributed by atoms with van der Waals surface area (Å²) >= 11 is 0. The fourth-order valence-corrected chi connectivity index (χ4v) is 10.6. The van der Waals surface area contributed by atoms with Crippen LogP contribution in [0.4, 0.5) is 0 Å². The summed E-state index contributed by atoms with van der Waals surface area (Å²) in [5.74, 6) is 5.87. The zero-order chi connectivity index (χ0) is 21.5. The first-order valence-corrected chi connectivity index (χ1v) is 13.2. The van der Waals surface area contributed by atoms with Gasteiger partial charge in [0.15, 0.2) is 0 Å². The summed E-state index contributed by atoms with van der Waals surface area (Å²) < 4.78 is 6.26. The molecule has 0 amide bonds. The quantitative estimate of drug-likeness (QED) is 0.472. The lowest BCUT2D eigenvalue weighted by atomic mass is 9.45. The van der Waals surface area contributed by atoms with Crippen molar-refractivity contribution in [2.24, 2.45) is 57.7 Å². The van der Waals surface area contributed by atoms with Crippen LogP contribution >= 0.6 is 0 Å². The van der Waals surface area contributed by atoms with Gasteiger partial charge >= 0.3 is 0 Å². The number of hydrogen-bond donors (Lipinski definition) is 0. The minimum Gasteiger partial charge on any atom is -0.381 e. The summed E-state index contributed by atoms with van der Waals surface area (Å²) in [5, 5.41) is 0. The number of Topliss-reactive ketones (excluding diaryl/α,β-unsaturated/α-hetero) is 1. The van der Waals surface area contributed by atoms with E-state index in [-0.39, 0.29) is 0 Å². The molecule has 2 heteroatoms.